The SMILES string of the molecule is COc1ccc(C(OCCOC(=O)CCC(=O)CCCC[Si](O)(OC)OC)(c2ccccc2)c2ccc(OC)cc2)cc1. The normalized spacial score (nSPS) is 11.7. The first-order chi connectivity index (χ1) is 20.8. The second kappa shape index (κ2) is 16.9. The van der Waals surface area contributed by atoms with E-state index >= 15 is 0 Å². The van der Waals surface area contributed by atoms with Gasteiger partial charge in [-0.15, -0.1) is 0 Å². The number of hydrogen-bond donors (Lipinski definition) is 1. The van der Waals surface area contributed by atoms with Gasteiger partial charge in [-0.05, 0) is 53.8 Å². The average Bonchev–Trinajstić information content (AvgIpc) is 3.06. The van der Waals surface area contributed by atoms with Crippen LogP contribution < -0.4 is 9.47 Å². The van der Waals surface area contributed by atoms with Crippen molar-refractivity contribution in [3.05, 3.63) is 95.6 Å². The molecule has 0 aliphatic rings. The number of rotatable bonds is 19. The minimum atomic E-state index is -3.12. The number of esters is 1. The van der Waals surface area contributed by atoms with E-state index in [9.17, 15) is 14.4 Å². The minimum Gasteiger partial charge on any atom is -0.497 e. The van der Waals surface area contributed by atoms with Crippen molar-refractivity contribution in [2.75, 3.05) is 41.7 Å². The van der Waals surface area contributed by atoms with Crippen molar-refractivity contribution in [1.29, 1.82) is 0 Å². The van der Waals surface area contributed by atoms with Gasteiger partial charge in [-0.25, -0.2) is 0 Å². The molecule has 0 fully saturated rings. The fourth-order valence-corrected chi connectivity index (χ4v) is 6.09. The molecule has 0 amide bonds. The molecule has 43 heavy (non-hydrogen) atoms. The molecule has 0 aromatic heterocycles. The molecule has 0 unspecified atom stereocenters. The molecule has 0 spiro atoms. The van der Waals surface area contributed by atoms with Gasteiger partial charge in [-0.2, -0.15) is 0 Å². The molecule has 0 bridgehead atoms. The van der Waals surface area contributed by atoms with E-state index in [0.29, 0.717) is 25.3 Å². The lowest BCUT2D eigenvalue weighted by atomic mass is 9.80. The summed E-state index contributed by atoms with van der Waals surface area (Å²) in [4.78, 5) is 34.8. The largest absolute Gasteiger partial charge is 0.497 e. The topological polar surface area (TPSA) is 110 Å². The monoisotopic (exact) mass is 610 g/mol. The van der Waals surface area contributed by atoms with E-state index in [4.69, 9.17) is 27.8 Å². The molecule has 0 radical (unpaired) electrons. The van der Waals surface area contributed by atoms with E-state index in [-0.39, 0.29) is 31.8 Å². The van der Waals surface area contributed by atoms with Crippen molar-refractivity contribution in [1.82, 2.24) is 0 Å². The van der Waals surface area contributed by atoms with E-state index in [1.54, 1.807) is 14.2 Å². The van der Waals surface area contributed by atoms with Crippen LogP contribution in [0.4, 0.5) is 0 Å². The molecule has 0 aliphatic carbocycles. The number of benzene rings is 3. The third kappa shape index (κ3) is 9.47. The number of unbranched alkanes of at least 4 members (excludes halogenated alkanes) is 1. The Kier molecular flexibility index (Phi) is 13.4. The summed E-state index contributed by atoms with van der Waals surface area (Å²) in [6, 6.07) is 25.6. The van der Waals surface area contributed by atoms with Crippen molar-refractivity contribution in [2.45, 2.75) is 43.7 Å². The molecule has 10 heteroatoms. The second-order valence-electron chi connectivity index (χ2n) is 9.94. The first kappa shape index (κ1) is 34.0. The van der Waals surface area contributed by atoms with Crippen LogP contribution in [0.2, 0.25) is 6.04 Å². The predicted molar refractivity (Wildman–Crippen MR) is 164 cm³/mol. The predicted octanol–water partition coefficient (Wildman–Crippen LogP) is 5.30. The number of ketones is 1. The average molecular weight is 611 g/mol. The van der Waals surface area contributed by atoms with E-state index in [1.165, 1.54) is 14.2 Å². The number of Topliss-reactive ketones (excluding diaryl/α,β-unsaturated/α-hetero) is 1. The van der Waals surface area contributed by atoms with Crippen LogP contribution in [0.15, 0.2) is 78.9 Å². The van der Waals surface area contributed by atoms with Gasteiger partial charge in [0.1, 0.15) is 29.5 Å². The molecule has 0 heterocycles. The van der Waals surface area contributed by atoms with Crippen molar-refractivity contribution < 1.29 is 42.2 Å². The fourth-order valence-electron chi connectivity index (χ4n) is 4.82. The van der Waals surface area contributed by atoms with Crippen molar-refractivity contribution in [3.63, 3.8) is 0 Å². The van der Waals surface area contributed by atoms with Gasteiger partial charge >= 0.3 is 14.8 Å². The summed E-state index contributed by atoms with van der Waals surface area (Å²) in [6.45, 7) is 0.129. The van der Waals surface area contributed by atoms with E-state index in [0.717, 1.165) is 28.2 Å². The van der Waals surface area contributed by atoms with Gasteiger partial charge in [0.15, 0.2) is 0 Å². The number of carbonyl (C=O) groups is 2. The lowest BCUT2D eigenvalue weighted by Crippen LogP contribution is -2.39. The summed E-state index contributed by atoms with van der Waals surface area (Å²) >= 11 is 0. The van der Waals surface area contributed by atoms with Crippen molar-refractivity contribution in [3.8, 4) is 11.5 Å². The van der Waals surface area contributed by atoms with Crippen LogP contribution in [-0.4, -0.2) is 67.0 Å². The lowest BCUT2D eigenvalue weighted by Gasteiger charge is -2.36. The summed E-state index contributed by atoms with van der Waals surface area (Å²) in [7, 11) is 2.95. The maximum atomic E-state index is 12.4. The summed E-state index contributed by atoms with van der Waals surface area (Å²) in [5, 5.41) is 0. The Hall–Kier alpha value is -3.54. The molecule has 0 aliphatic heterocycles. The van der Waals surface area contributed by atoms with Crippen LogP contribution in [0, 0.1) is 0 Å². The Balaban J connectivity index is 1.64. The molecule has 3 rings (SSSR count). The highest BCUT2D eigenvalue weighted by atomic mass is 28.4. The van der Waals surface area contributed by atoms with Crippen LogP contribution in [0.5, 0.6) is 11.5 Å². The van der Waals surface area contributed by atoms with Crippen LogP contribution in [0.25, 0.3) is 0 Å². The van der Waals surface area contributed by atoms with Crippen molar-refractivity contribution >= 4 is 20.6 Å². The first-order valence-corrected chi connectivity index (χ1v) is 16.3. The smallest absolute Gasteiger partial charge is 0.497 e. The molecule has 3 aromatic carbocycles. The van der Waals surface area contributed by atoms with Gasteiger partial charge in [0.25, 0.3) is 0 Å². The summed E-state index contributed by atoms with van der Waals surface area (Å²) in [5.74, 6) is 0.946. The molecule has 0 saturated heterocycles. The van der Waals surface area contributed by atoms with Crippen LogP contribution in [-0.2, 0) is 33.5 Å². The molecule has 1 N–H and O–H groups in total. The highest BCUT2D eigenvalue weighted by molar-refractivity contribution is 6.59. The molecular weight excluding hydrogens is 568 g/mol. The first-order valence-electron chi connectivity index (χ1n) is 14.3. The van der Waals surface area contributed by atoms with Gasteiger partial charge in [0.2, 0.25) is 0 Å². The van der Waals surface area contributed by atoms with Crippen LogP contribution >= 0.6 is 0 Å². The Bertz CT molecular complexity index is 1210. The number of methoxy groups -OCH3 is 2. The Morgan fingerprint density at radius 2 is 1.21 bits per heavy atom. The van der Waals surface area contributed by atoms with Crippen LogP contribution in [0.1, 0.15) is 48.8 Å². The maximum absolute atomic E-state index is 12.4. The third-order valence-electron chi connectivity index (χ3n) is 7.28. The van der Waals surface area contributed by atoms with Gasteiger partial charge < -0.3 is 32.6 Å². The molecule has 232 valence electrons. The molecule has 0 saturated carbocycles. The highest BCUT2D eigenvalue weighted by Gasteiger charge is 2.38. The lowest BCUT2D eigenvalue weighted by molar-refractivity contribution is -0.147. The second-order valence-corrected chi connectivity index (χ2v) is 12.7. The van der Waals surface area contributed by atoms with Gasteiger partial charge in [0, 0.05) is 33.1 Å². The highest BCUT2D eigenvalue weighted by Crippen LogP contribution is 2.41. The molecule has 0 atom stereocenters. The number of carbonyl (C=O) groups excluding carboxylic acids is 2. The summed E-state index contributed by atoms with van der Waals surface area (Å²) < 4.78 is 33.0. The van der Waals surface area contributed by atoms with Crippen LogP contribution in [0.3, 0.4) is 0 Å². The number of ether oxygens (including phenoxy) is 4. The number of hydrogen-bond acceptors (Lipinski definition) is 9. The zero-order valence-corrected chi connectivity index (χ0v) is 26.4. The van der Waals surface area contributed by atoms with E-state index in [2.05, 4.69) is 0 Å². The summed E-state index contributed by atoms with van der Waals surface area (Å²) in [5.41, 5.74) is 1.64. The van der Waals surface area contributed by atoms with E-state index in [1.807, 2.05) is 78.9 Å². The minimum absolute atomic E-state index is 0.00551. The molecular formula is C33H42O9Si. The summed E-state index contributed by atoms with van der Waals surface area (Å²) in [6.07, 6.45) is 1.60. The van der Waals surface area contributed by atoms with E-state index < -0.39 is 20.4 Å². The molecule has 3 aromatic rings. The quantitative estimate of drug-likeness (QED) is 0.0837. The Morgan fingerprint density at radius 1 is 0.674 bits per heavy atom. The maximum Gasteiger partial charge on any atom is 0.497 e. The Morgan fingerprint density at radius 3 is 1.72 bits per heavy atom. The standard InChI is InChI=1S/C33H42O9Si/c1-37-30-18-13-27(14-19-30)33(26-10-6-5-7-11-26,28-15-20-31(38-2)21-16-28)42-24-23-41-32(35)22-17-29(34)12-8-9-25-43(36,39-3)40-4/h5-7,10-11,13-16,18-21,36H,8-9,12,17,22-25H2,1-4H3. The van der Waals surface area contributed by atoms with Gasteiger partial charge in [0.05, 0.1) is 27.2 Å². The van der Waals surface area contributed by atoms with Gasteiger partial charge in [-0.3, -0.25) is 9.59 Å². The zero-order valence-electron chi connectivity index (χ0n) is 25.4. The third-order valence-corrected chi connectivity index (χ3v) is 9.54. The van der Waals surface area contributed by atoms with Gasteiger partial charge in [-0.1, -0.05) is 54.6 Å². The zero-order chi connectivity index (χ0) is 31.1. The Labute approximate surface area is 255 Å². The van der Waals surface area contributed by atoms with Crippen molar-refractivity contribution in [2.24, 2.45) is 0 Å². The fraction of sp³-hybridized carbons (Fsp3) is 0.394. The molecule has 9 nitrogen and oxygen atoms in total.